The number of amides is 1. The Labute approximate surface area is 160 Å². The summed E-state index contributed by atoms with van der Waals surface area (Å²) in [5.41, 5.74) is 3.73. The van der Waals surface area contributed by atoms with Crippen LogP contribution in [0.1, 0.15) is 0 Å². The topological polar surface area (TPSA) is 72.7 Å². The normalized spacial score (nSPS) is 10.5. The lowest BCUT2D eigenvalue weighted by Crippen LogP contribution is -2.07. The molecule has 0 saturated carbocycles. The Morgan fingerprint density at radius 1 is 0.815 bits per heavy atom. The predicted molar refractivity (Wildman–Crippen MR) is 106 cm³/mol. The molecule has 0 unspecified atom stereocenters. The number of benzene rings is 3. The van der Waals surface area contributed by atoms with Crippen LogP contribution in [-0.4, -0.2) is 25.4 Å². The number of nitrogens with zero attached hydrogens (tertiary/aromatic N) is 4. The third kappa shape index (κ3) is 4.04. The molecule has 7 heteroatoms. The molecule has 1 aromatic heterocycles. The van der Waals surface area contributed by atoms with Gasteiger partial charge in [0.15, 0.2) is 0 Å². The van der Waals surface area contributed by atoms with Crippen molar-refractivity contribution >= 4 is 22.7 Å². The van der Waals surface area contributed by atoms with E-state index >= 15 is 0 Å². The molecule has 0 saturated heterocycles. The molecule has 0 aliphatic heterocycles. The molecule has 0 aliphatic carbocycles. The maximum atomic E-state index is 12.4. The first kappa shape index (κ1) is 17.0. The van der Waals surface area contributed by atoms with E-state index in [9.17, 15) is 4.79 Å². The summed E-state index contributed by atoms with van der Waals surface area (Å²) in [6.07, 6.45) is 0. The quantitative estimate of drug-likeness (QED) is 0.527. The fraction of sp³-hybridized carbons (Fsp3) is 0. The zero-order valence-electron chi connectivity index (χ0n) is 14.2. The second kappa shape index (κ2) is 7.84. The van der Waals surface area contributed by atoms with Crippen molar-refractivity contribution in [3.05, 3.63) is 84.9 Å². The average Bonchev–Trinajstić information content (AvgIpc) is 3.18. The third-order valence-electron chi connectivity index (χ3n) is 3.86. The number of para-hydroxylation sites is 1. The van der Waals surface area contributed by atoms with Gasteiger partial charge in [0.25, 0.3) is 5.24 Å². The van der Waals surface area contributed by atoms with Crippen molar-refractivity contribution in [1.29, 1.82) is 0 Å². The van der Waals surface area contributed by atoms with Gasteiger partial charge in [-0.1, -0.05) is 60.7 Å². The minimum absolute atomic E-state index is 0.255. The fourth-order valence-corrected chi connectivity index (χ4v) is 3.22. The number of hydrogen-bond acceptors (Lipinski definition) is 5. The maximum absolute atomic E-state index is 12.4. The van der Waals surface area contributed by atoms with Crippen LogP contribution >= 0.6 is 11.8 Å². The molecule has 132 valence electrons. The largest absolute Gasteiger partial charge is 0.316 e. The van der Waals surface area contributed by atoms with E-state index in [1.807, 2.05) is 84.9 Å². The van der Waals surface area contributed by atoms with Gasteiger partial charge in [-0.3, -0.25) is 4.79 Å². The summed E-state index contributed by atoms with van der Waals surface area (Å²) >= 11 is 0.944. The average molecular weight is 373 g/mol. The molecule has 1 amide bonds. The Balaban J connectivity index is 1.44. The van der Waals surface area contributed by atoms with Gasteiger partial charge in [0, 0.05) is 17.4 Å². The number of rotatable bonds is 4. The van der Waals surface area contributed by atoms with Crippen LogP contribution in [0.15, 0.2) is 90.1 Å². The molecular weight excluding hydrogens is 358 g/mol. The van der Waals surface area contributed by atoms with Gasteiger partial charge >= 0.3 is 0 Å². The van der Waals surface area contributed by atoms with Gasteiger partial charge in [0.2, 0.25) is 5.16 Å². The van der Waals surface area contributed by atoms with E-state index < -0.39 is 0 Å². The molecule has 0 aliphatic rings. The fourth-order valence-electron chi connectivity index (χ4n) is 2.58. The lowest BCUT2D eigenvalue weighted by molar-refractivity contribution is 0.269. The van der Waals surface area contributed by atoms with E-state index in [4.69, 9.17) is 0 Å². The molecule has 3 aromatic carbocycles. The van der Waals surface area contributed by atoms with Crippen molar-refractivity contribution in [2.45, 2.75) is 5.16 Å². The van der Waals surface area contributed by atoms with Gasteiger partial charge in [-0.05, 0) is 45.8 Å². The van der Waals surface area contributed by atoms with Gasteiger partial charge < -0.3 is 5.32 Å². The minimum Gasteiger partial charge on any atom is -0.316 e. The Hall–Kier alpha value is -3.45. The summed E-state index contributed by atoms with van der Waals surface area (Å²) in [6.45, 7) is 0. The Morgan fingerprint density at radius 3 is 2.15 bits per heavy atom. The van der Waals surface area contributed by atoms with Crippen LogP contribution in [-0.2, 0) is 0 Å². The number of aromatic nitrogens is 4. The van der Waals surface area contributed by atoms with Gasteiger partial charge in [-0.15, -0.1) is 5.10 Å². The molecular formula is C20H15N5OS. The third-order valence-corrected chi connectivity index (χ3v) is 4.59. The lowest BCUT2D eigenvalue weighted by Gasteiger charge is -2.07. The number of thioether (sulfide) groups is 1. The molecule has 1 N–H and O–H groups in total. The van der Waals surface area contributed by atoms with Gasteiger partial charge in [0.1, 0.15) is 0 Å². The predicted octanol–water partition coefficient (Wildman–Crippen LogP) is 4.65. The van der Waals surface area contributed by atoms with Crippen molar-refractivity contribution in [3.8, 4) is 16.8 Å². The van der Waals surface area contributed by atoms with Crippen molar-refractivity contribution < 1.29 is 4.79 Å². The molecule has 0 spiro atoms. The van der Waals surface area contributed by atoms with E-state index in [-0.39, 0.29) is 5.24 Å². The summed E-state index contributed by atoms with van der Waals surface area (Å²) in [7, 11) is 0. The SMILES string of the molecule is O=C(Nc1ccc(-c2ccccc2)cc1)Sc1nnnn1-c1ccccc1. The Bertz CT molecular complexity index is 1030. The monoisotopic (exact) mass is 373 g/mol. The highest BCUT2D eigenvalue weighted by atomic mass is 32.2. The molecule has 1 heterocycles. The lowest BCUT2D eigenvalue weighted by atomic mass is 10.1. The second-order valence-electron chi connectivity index (χ2n) is 5.67. The first-order chi connectivity index (χ1) is 13.3. The van der Waals surface area contributed by atoms with Gasteiger partial charge in [-0.2, -0.15) is 4.68 Å². The van der Waals surface area contributed by atoms with Crippen molar-refractivity contribution in [2.24, 2.45) is 0 Å². The van der Waals surface area contributed by atoms with E-state index in [0.29, 0.717) is 10.8 Å². The van der Waals surface area contributed by atoms with Crippen LogP contribution in [0.25, 0.3) is 16.8 Å². The number of hydrogen-bond donors (Lipinski definition) is 1. The summed E-state index contributed by atoms with van der Waals surface area (Å²) in [4.78, 5) is 12.4. The molecule has 6 nitrogen and oxygen atoms in total. The van der Waals surface area contributed by atoms with Crippen molar-refractivity contribution in [3.63, 3.8) is 0 Å². The van der Waals surface area contributed by atoms with Crippen molar-refractivity contribution in [2.75, 3.05) is 5.32 Å². The van der Waals surface area contributed by atoms with Crippen molar-refractivity contribution in [1.82, 2.24) is 20.2 Å². The van der Waals surface area contributed by atoms with E-state index in [1.54, 1.807) is 0 Å². The second-order valence-corrected chi connectivity index (χ2v) is 6.61. The van der Waals surface area contributed by atoms with Crippen LogP contribution in [0.4, 0.5) is 10.5 Å². The van der Waals surface area contributed by atoms with Gasteiger partial charge in [-0.25, -0.2) is 0 Å². The first-order valence-corrected chi connectivity index (χ1v) is 9.09. The number of tetrazole rings is 1. The highest BCUT2D eigenvalue weighted by Gasteiger charge is 2.14. The number of anilines is 1. The minimum atomic E-state index is -0.255. The van der Waals surface area contributed by atoms with Crippen LogP contribution in [0.2, 0.25) is 0 Å². The van der Waals surface area contributed by atoms with Gasteiger partial charge in [0.05, 0.1) is 5.69 Å². The standard InChI is InChI=1S/C20H15N5OS/c26-20(27-19-22-23-24-25(19)18-9-5-2-6-10-18)21-17-13-11-16(12-14-17)15-7-3-1-4-8-15/h1-14H,(H,21,26). The molecule has 4 aromatic rings. The molecule has 0 radical (unpaired) electrons. The summed E-state index contributed by atoms with van der Waals surface area (Å²) in [6, 6.07) is 27.2. The van der Waals surface area contributed by atoms with E-state index in [1.165, 1.54) is 4.68 Å². The zero-order chi connectivity index (χ0) is 18.5. The van der Waals surface area contributed by atoms with E-state index in [0.717, 1.165) is 28.6 Å². The Kier molecular flexibility index (Phi) is 4.93. The molecule has 0 atom stereocenters. The van der Waals surface area contributed by atoms with Crippen LogP contribution in [0, 0.1) is 0 Å². The highest BCUT2D eigenvalue weighted by molar-refractivity contribution is 8.13. The smallest absolute Gasteiger partial charge is 0.291 e. The summed E-state index contributed by atoms with van der Waals surface area (Å²) in [5, 5.41) is 14.5. The Morgan fingerprint density at radius 2 is 1.44 bits per heavy atom. The highest BCUT2D eigenvalue weighted by Crippen LogP contribution is 2.23. The zero-order valence-corrected chi connectivity index (χ0v) is 15.0. The summed E-state index contributed by atoms with van der Waals surface area (Å²) < 4.78 is 1.53. The van der Waals surface area contributed by atoms with Crippen LogP contribution in [0.5, 0.6) is 0 Å². The maximum Gasteiger partial charge on any atom is 0.291 e. The molecule has 0 bridgehead atoms. The van der Waals surface area contributed by atoms with E-state index in [2.05, 4.69) is 20.8 Å². The number of carbonyl (C=O) groups is 1. The number of carbonyl (C=O) groups excluding carboxylic acids is 1. The molecule has 4 rings (SSSR count). The summed E-state index contributed by atoms with van der Waals surface area (Å²) in [5.74, 6) is 0. The molecule has 27 heavy (non-hydrogen) atoms. The molecule has 0 fully saturated rings. The first-order valence-electron chi connectivity index (χ1n) is 8.28. The number of nitrogens with one attached hydrogen (secondary N) is 1. The van der Waals surface area contributed by atoms with Crippen LogP contribution < -0.4 is 5.32 Å². The van der Waals surface area contributed by atoms with Crippen LogP contribution in [0.3, 0.4) is 0 Å².